The maximum Gasteiger partial charge on any atom is 0.128 e. The van der Waals surface area contributed by atoms with Crippen LogP contribution in [0.15, 0.2) is 6.20 Å². The van der Waals surface area contributed by atoms with Gasteiger partial charge < -0.3 is 10.1 Å². The summed E-state index contributed by atoms with van der Waals surface area (Å²) in [6, 6.07) is 0.517. The lowest BCUT2D eigenvalue weighted by atomic mass is 10.0. The standard InChI is InChI=1S/C16H28N2O/c1-6-8-14(17-9-7-2)10-15-13(4)16(19-5)12(3)11-18-15/h11,14,17H,6-10H2,1-5H3. The highest BCUT2D eigenvalue weighted by Crippen LogP contribution is 2.25. The van der Waals surface area contributed by atoms with Gasteiger partial charge in [-0.05, 0) is 33.2 Å². The minimum absolute atomic E-state index is 0.517. The molecule has 3 heteroatoms. The van der Waals surface area contributed by atoms with Gasteiger partial charge in [-0.3, -0.25) is 4.98 Å². The summed E-state index contributed by atoms with van der Waals surface area (Å²) in [5.41, 5.74) is 3.45. The van der Waals surface area contributed by atoms with Gasteiger partial charge in [0.1, 0.15) is 5.75 Å². The van der Waals surface area contributed by atoms with Gasteiger partial charge in [0.2, 0.25) is 0 Å². The molecule has 1 aromatic heterocycles. The molecule has 19 heavy (non-hydrogen) atoms. The molecular weight excluding hydrogens is 236 g/mol. The average Bonchev–Trinajstić information content (AvgIpc) is 2.40. The lowest BCUT2D eigenvalue weighted by molar-refractivity contribution is 0.405. The van der Waals surface area contributed by atoms with E-state index in [4.69, 9.17) is 4.74 Å². The number of pyridine rings is 1. The molecule has 1 rings (SSSR count). The summed E-state index contributed by atoms with van der Waals surface area (Å²) in [6.07, 6.45) is 6.46. The molecule has 1 unspecified atom stereocenters. The third-order valence-electron chi connectivity index (χ3n) is 3.51. The number of nitrogens with zero attached hydrogens (tertiary/aromatic N) is 1. The molecule has 0 saturated heterocycles. The number of hydrogen-bond acceptors (Lipinski definition) is 3. The molecule has 0 radical (unpaired) electrons. The lowest BCUT2D eigenvalue weighted by Gasteiger charge is -2.19. The van der Waals surface area contributed by atoms with Crippen molar-refractivity contribution in [2.45, 2.75) is 59.4 Å². The number of rotatable bonds is 8. The normalized spacial score (nSPS) is 12.5. The van der Waals surface area contributed by atoms with Crippen LogP contribution in [0.3, 0.4) is 0 Å². The van der Waals surface area contributed by atoms with Gasteiger partial charge in [0.05, 0.1) is 7.11 Å². The lowest BCUT2D eigenvalue weighted by Crippen LogP contribution is -2.32. The van der Waals surface area contributed by atoms with Crippen LogP contribution in [0.4, 0.5) is 0 Å². The van der Waals surface area contributed by atoms with Crippen LogP contribution in [-0.4, -0.2) is 24.7 Å². The maximum absolute atomic E-state index is 5.48. The highest BCUT2D eigenvalue weighted by molar-refractivity contribution is 5.41. The van der Waals surface area contributed by atoms with Gasteiger partial charge >= 0.3 is 0 Å². The molecule has 0 spiro atoms. The van der Waals surface area contributed by atoms with Crippen molar-refractivity contribution in [1.29, 1.82) is 0 Å². The van der Waals surface area contributed by atoms with Crippen LogP contribution < -0.4 is 10.1 Å². The van der Waals surface area contributed by atoms with Crippen LogP contribution in [-0.2, 0) is 6.42 Å². The van der Waals surface area contributed by atoms with Crippen LogP contribution in [0.5, 0.6) is 5.75 Å². The first-order valence-corrected chi connectivity index (χ1v) is 7.36. The van der Waals surface area contributed by atoms with E-state index in [1.54, 1.807) is 7.11 Å². The van der Waals surface area contributed by atoms with Crippen molar-refractivity contribution in [2.75, 3.05) is 13.7 Å². The van der Waals surface area contributed by atoms with Gasteiger partial charge in [-0.25, -0.2) is 0 Å². The van der Waals surface area contributed by atoms with E-state index in [2.05, 4.69) is 31.1 Å². The zero-order chi connectivity index (χ0) is 14.3. The van der Waals surface area contributed by atoms with Crippen LogP contribution in [0.2, 0.25) is 0 Å². The maximum atomic E-state index is 5.48. The van der Waals surface area contributed by atoms with Gasteiger partial charge in [-0.1, -0.05) is 20.3 Å². The molecule has 0 aliphatic heterocycles. The van der Waals surface area contributed by atoms with Gasteiger partial charge in [-0.2, -0.15) is 0 Å². The highest BCUT2D eigenvalue weighted by Gasteiger charge is 2.14. The Kier molecular flexibility index (Phi) is 6.85. The van der Waals surface area contributed by atoms with Gasteiger partial charge in [0, 0.05) is 35.5 Å². The van der Waals surface area contributed by atoms with E-state index in [1.165, 1.54) is 24.8 Å². The first-order chi connectivity index (χ1) is 9.13. The predicted octanol–water partition coefficient (Wildman–Crippen LogP) is 3.42. The van der Waals surface area contributed by atoms with E-state index in [-0.39, 0.29) is 0 Å². The number of methoxy groups -OCH3 is 1. The molecule has 0 saturated carbocycles. The number of aryl methyl sites for hydroxylation is 1. The summed E-state index contributed by atoms with van der Waals surface area (Å²) in [6.45, 7) is 9.66. The van der Waals surface area contributed by atoms with E-state index < -0.39 is 0 Å². The Balaban J connectivity index is 2.83. The smallest absolute Gasteiger partial charge is 0.128 e. The third kappa shape index (κ3) is 4.50. The first kappa shape index (κ1) is 16.0. The van der Waals surface area contributed by atoms with Crippen molar-refractivity contribution >= 4 is 0 Å². The number of ether oxygens (including phenoxy) is 1. The quantitative estimate of drug-likeness (QED) is 0.781. The van der Waals surface area contributed by atoms with E-state index in [0.29, 0.717) is 6.04 Å². The average molecular weight is 264 g/mol. The minimum atomic E-state index is 0.517. The summed E-state index contributed by atoms with van der Waals surface area (Å²) in [7, 11) is 1.73. The van der Waals surface area contributed by atoms with Crippen molar-refractivity contribution < 1.29 is 4.74 Å². The number of aromatic nitrogens is 1. The molecule has 0 bridgehead atoms. The summed E-state index contributed by atoms with van der Waals surface area (Å²) >= 11 is 0. The molecule has 1 aromatic rings. The van der Waals surface area contributed by atoms with Crippen LogP contribution in [0.1, 0.15) is 49.9 Å². The fourth-order valence-corrected chi connectivity index (χ4v) is 2.48. The minimum Gasteiger partial charge on any atom is -0.496 e. The van der Waals surface area contributed by atoms with Crippen LogP contribution in [0.25, 0.3) is 0 Å². The van der Waals surface area contributed by atoms with Crippen molar-refractivity contribution in [1.82, 2.24) is 10.3 Å². The Labute approximate surface area is 117 Å². The molecule has 1 atom stereocenters. The zero-order valence-corrected chi connectivity index (χ0v) is 13.0. The van der Waals surface area contributed by atoms with Crippen molar-refractivity contribution in [2.24, 2.45) is 0 Å². The molecule has 1 heterocycles. The van der Waals surface area contributed by atoms with Crippen molar-refractivity contribution in [3.05, 3.63) is 23.0 Å². The van der Waals surface area contributed by atoms with E-state index in [1.807, 2.05) is 13.1 Å². The zero-order valence-electron chi connectivity index (χ0n) is 13.0. The molecule has 1 N–H and O–H groups in total. The van der Waals surface area contributed by atoms with Gasteiger partial charge in [-0.15, -0.1) is 0 Å². The Hall–Kier alpha value is -1.09. The largest absolute Gasteiger partial charge is 0.496 e. The summed E-state index contributed by atoms with van der Waals surface area (Å²) in [5, 5.41) is 3.62. The molecule has 0 aliphatic carbocycles. The molecule has 0 amide bonds. The highest BCUT2D eigenvalue weighted by atomic mass is 16.5. The number of hydrogen-bond donors (Lipinski definition) is 1. The molecule has 108 valence electrons. The summed E-state index contributed by atoms with van der Waals surface area (Å²) in [5.74, 6) is 0.982. The van der Waals surface area contributed by atoms with Crippen molar-refractivity contribution in [3.8, 4) is 5.75 Å². The Morgan fingerprint density at radius 2 is 2.00 bits per heavy atom. The second kappa shape index (κ2) is 8.16. The fraction of sp³-hybridized carbons (Fsp3) is 0.688. The van der Waals surface area contributed by atoms with Gasteiger partial charge in [0.25, 0.3) is 0 Å². The van der Waals surface area contributed by atoms with Crippen LogP contribution >= 0.6 is 0 Å². The third-order valence-corrected chi connectivity index (χ3v) is 3.51. The van der Waals surface area contributed by atoms with E-state index in [9.17, 15) is 0 Å². The number of nitrogens with one attached hydrogen (secondary N) is 1. The van der Waals surface area contributed by atoms with Crippen LogP contribution in [0, 0.1) is 13.8 Å². The SMILES string of the molecule is CCCNC(CCC)Cc1ncc(C)c(OC)c1C. The first-order valence-electron chi connectivity index (χ1n) is 7.36. The van der Waals surface area contributed by atoms with Crippen molar-refractivity contribution in [3.63, 3.8) is 0 Å². The topological polar surface area (TPSA) is 34.2 Å². The monoisotopic (exact) mass is 264 g/mol. The molecular formula is C16H28N2O. The van der Waals surface area contributed by atoms with Gasteiger partial charge in [0.15, 0.2) is 0 Å². The Morgan fingerprint density at radius 1 is 1.26 bits per heavy atom. The van der Waals surface area contributed by atoms with E-state index in [0.717, 1.165) is 30.0 Å². The Morgan fingerprint density at radius 3 is 2.58 bits per heavy atom. The predicted molar refractivity (Wildman–Crippen MR) is 81.0 cm³/mol. The second-order valence-electron chi connectivity index (χ2n) is 5.19. The summed E-state index contributed by atoms with van der Waals surface area (Å²) < 4.78 is 5.48. The molecule has 0 aliphatic rings. The van der Waals surface area contributed by atoms with E-state index >= 15 is 0 Å². The fourth-order valence-electron chi connectivity index (χ4n) is 2.48. The molecule has 0 aromatic carbocycles. The Bertz CT molecular complexity index is 391. The second-order valence-corrected chi connectivity index (χ2v) is 5.19. The molecule has 0 fully saturated rings. The molecule has 3 nitrogen and oxygen atoms in total. The summed E-state index contributed by atoms with van der Waals surface area (Å²) in [4.78, 5) is 4.60.